The summed E-state index contributed by atoms with van der Waals surface area (Å²) < 4.78 is 4.80. The van der Waals surface area contributed by atoms with Crippen LogP contribution >= 0.6 is 0 Å². The average molecular weight is 193 g/mol. The van der Waals surface area contributed by atoms with Crippen molar-refractivity contribution in [3.05, 3.63) is 24.0 Å². The van der Waals surface area contributed by atoms with Crippen LogP contribution in [-0.4, -0.2) is 29.1 Å². The summed E-state index contributed by atoms with van der Waals surface area (Å²) in [5, 5.41) is 0. The lowest BCUT2D eigenvalue weighted by Gasteiger charge is -2.11. The minimum Gasteiger partial charge on any atom is -0.448 e. The highest BCUT2D eigenvalue weighted by molar-refractivity contribution is 5.69. The summed E-state index contributed by atoms with van der Waals surface area (Å²) in [6.45, 7) is 1.54. The predicted octanol–water partition coefficient (Wildman–Crippen LogP) is 0.616. The van der Waals surface area contributed by atoms with Gasteiger partial charge in [0, 0.05) is 11.9 Å². The second kappa shape index (κ2) is 3.53. The fourth-order valence-corrected chi connectivity index (χ4v) is 1.35. The summed E-state index contributed by atoms with van der Waals surface area (Å²) in [6, 6.07) is 3.47. The van der Waals surface area contributed by atoms with Crippen molar-refractivity contribution >= 4 is 11.8 Å². The molecule has 1 aliphatic heterocycles. The zero-order chi connectivity index (χ0) is 9.97. The SMILES string of the molecule is Nc1ccnc(CN2CCOC2=O)c1. The number of rotatable bonds is 2. The van der Waals surface area contributed by atoms with E-state index >= 15 is 0 Å². The number of aromatic nitrogens is 1. The van der Waals surface area contributed by atoms with E-state index in [0.29, 0.717) is 25.4 Å². The highest BCUT2D eigenvalue weighted by Crippen LogP contribution is 2.10. The van der Waals surface area contributed by atoms with E-state index in [0.717, 1.165) is 5.69 Å². The van der Waals surface area contributed by atoms with Gasteiger partial charge in [0.15, 0.2) is 0 Å². The van der Waals surface area contributed by atoms with Crippen LogP contribution in [0.5, 0.6) is 0 Å². The number of nitrogen functional groups attached to an aromatic ring is 1. The molecule has 0 spiro atoms. The molecule has 0 aliphatic carbocycles. The van der Waals surface area contributed by atoms with Crippen LogP contribution < -0.4 is 5.73 Å². The van der Waals surface area contributed by atoms with Crippen LogP contribution in [0.2, 0.25) is 0 Å². The largest absolute Gasteiger partial charge is 0.448 e. The second-order valence-electron chi connectivity index (χ2n) is 3.12. The van der Waals surface area contributed by atoms with Crippen LogP contribution in [0.3, 0.4) is 0 Å². The third-order valence-electron chi connectivity index (χ3n) is 2.04. The van der Waals surface area contributed by atoms with Crippen LogP contribution in [0.15, 0.2) is 18.3 Å². The first-order valence-corrected chi connectivity index (χ1v) is 4.38. The Balaban J connectivity index is 2.07. The Morgan fingerprint density at radius 3 is 3.14 bits per heavy atom. The molecule has 0 aromatic carbocycles. The van der Waals surface area contributed by atoms with Crippen molar-refractivity contribution in [2.24, 2.45) is 0 Å². The van der Waals surface area contributed by atoms with Gasteiger partial charge in [-0.1, -0.05) is 0 Å². The molecule has 14 heavy (non-hydrogen) atoms. The van der Waals surface area contributed by atoms with Gasteiger partial charge < -0.3 is 10.5 Å². The number of cyclic esters (lactones) is 1. The molecule has 1 aromatic heterocycles. The molecule has 5 heteroatoms. The minimum absolute atomic E-state index is 0.283. The summed E-state index contributed by atoms with van der Waals surface area (Å²) >= 11 is 0. The predicted molar refractivity (Wildman–Crippen MR) is 50.4 cm³/mol. The number of amides is 1. The molecule has 0 saturated carbocycles. The van der Waals surface area contributed by atoms with Gasteiger partial charge in [0.25, 0.3) is 0 Å². The molecule has 1 amide bonds. The molecule has 74 valence electrons. The van der Waals surface area contributed by atoms with Crippen molar-refractivity contribution in [1.82, 2.24) is 9.88 Å². The molecule has 0 unspecified atom stereocenters. The van der Waals surface area contributed by atoms with Gasteiger partial charge in [-0.15, -0.1) is 0 Å². The third kappa shape index (κ3) is 1.76. The highest BCUT2D eigenvalue weighted by atomic mass is 16.6. The van der Waals surface area contributed by atoms with Crippen LogP contribution in [0.4, 0.5) is 10.5 Å². The summed E-state index contributed by atoms with van der Waals surface area (Å²) in [5.41, 5.74) is 7.03. The molecule has 1 aromatic rings. The Kier molecular flexibility index (Phi) is 2.22. The molecule has 0 bridgehead atoms. The van der Waals surface area contributed by atoms with Gasteiger partial charge in [0.05, 0.1) is 18.8 Å². The molecule has 0 atom stereocenters. The minimum atomic E-state index is -0.283. The number of hydrogen-bond acceptors (Lipinski definition) is 4. The Hall–Kier alpha value is -1.78. The van der Waals surface area contributed by atoms with Crippen molar-refractivity contribution in [2.45, 2.75) is 6.54 Å². The van der Waals surface area contributed by atoms with Crippen LogP contribution in [0.25, 0.3) is 0 Å². The molecule has 1 saturated heterocycles. The first-order valence-electron chi connectivity index (χ1n) is 4.38. The van der Waals surface area contributed by atoms with E-state index in [-0.39, 0.29) is 6.09 Å². The van der Waals surface area contributed by atoms with E-state index in [4.69, 9.17) is 10.5 Å². The highest BCUT2D eigenvalue weighted by Gasteiger charge is 2.21. The Morgan fingerprint density at radius 2 is 2.50 bits per heavy atom. The normalized spacial score (nSPS) is 15.7. The quantitative estimate of drug-likeness (QED) is 0.747. The summed E-state index contributed by atoms with van der Waals surface area (Å²) in [5.74, 6) is 0. The number of carbonyl (C=O) groups excluding carboxylic acids is 1. The summed E-state index contributed by atoms with van der Waals surface area (Å²) in [7, 11) is 0. The topological polar surface area (TPSA) is 68.4 Å². The van der Waals surface area contributed by atoms with Gasteiger partial charge in [-0.25, -0.2) is 4.79 Å². The van der Waals surface area contributed by atoms with Gasteiger partial charge in [0.1, 0.15) is 6.61 Å². The van der Waals surface area contributed by atoms with Crippen molar-refractivity contribution in [1.29, 1.82) is 0 Å². The fourth-order valence-electron chi connectivity index (χ4n) is 1.35. The number of nitrogens with zero attached hydrogens (tertiary/aromatic N) is 2. The van der Waals surface area contributed by atoms with E-state index in [1.807, 2.05) is 0 Å². The number of hydrogen-bond donors (Lipinski definition) is 1. The number of nitrogens with two attached hydrogens (primary N) is 1. The van der Waals surface area contributed by atoms with Crippen LogP contribution in [0.1, 0.15) is 5.69 Å². The van der Waals surface area contributed by atoms with Crippen molar-refractivity contribution in [3.8, 4) is 0 Å². The van der Waals surface area contributed by atoms with Crippen molar-refractivity contribution in [2.75, 3.05) is 18.9 Å². The zero-order valence-electron chi connectivity index (χ0n) is 7.64. The first kappa shape index (κ1) is 8.80. The second-order valence-corrected chi connectivity index (χ2v) is 3.12. The summed E-state index contributed by atoms with van der Waals surface area (Å²) in [6.07, 6.45) is 1.35. The molecular formula is C9H11N3O2. The number of ether oxygens (including phenoxy) is 1. The number of carbonyl (C=O) groups is 1. The first-order chi connectivity index (χ1) is 6.75. The van der Waals surface area contributed by atoms with E-state index < -0.39 is 0 Å². The van der Waals surface area contributed by atoms with Gasteiger partial charge in [-0.3, -0.25) is 9.88 Å². The van der Waals surface area contributed by atoms with Gasteiger partial charge in [0.2, 0.25) is 0 Å². The molecule has 1 fully saturated rings. The Labute approximate surface area is 81.5 Å². The van der Waals surface area contributed by atoms with E-state index in [9.17, 15) is 4.79 Å². The maximum atomic E-state index is 11.1. The standard InChI is InChI=1S/C9H11N3O2/c10-7-1-2-11-8(5-7)6-12-3-4-14-9(12)13/h1-2,5H,3-4,6H2,(H2,10,11). The average Bonchev–Trinajstić information content (AvgIpc) is 2.52. The lowest BCUT2D eigenvalue weighted by atomic mass is 10.3. The van der Waals surface area contributed by atoms with Crippen molar-refractivity contribution < 1.29 is 9.53 Å². The molecule has 0 radical (unpaired) electrons. The van der Waals surface area contributed by atoms with Gasteiger partial charge >= 0.3 is 6.09 Å². The maximum absolute atomic E-state index is 11.1. The zero-order valence-corrected chi connectivity index (χ0v) is 7.64. The van der Waals surface area contributed by atoms with E-state index in [1.54, 1.807) is 23.2 Å². The molecule has 5 nitrogen and oxygen atoms in total. The fraction of sp³-hybridized carbons (Fsp3) is 0.333. The number of pyridine rings is 1. The molecule has 1 aliphatic rings. The van der Waals surface area contributed by atoms with Gasteiger partial charge in [-0.05, 0) is 12.1 Å². The van der Waals surface area contributed by atoms with Crippen LogP contribution in [-0.2, 0) is 11.3 Å². The monoisotopic (exact) mass is 193 g/mol. The molecule has 2 N–H and O–H groups in total. The van der Waals surface area contributed by atoms with Gasteiger partial charge in [-0.2, -0.15) is 0 Å². The maximum Gasteiger partial charge on any atom is 0.410 e. The Bertz CT molecular complexity index is 354. The smallest absolute Gasteiger partial charge is 0.410 e. The van der Waals surface area contributed by atoms with E-state index in [1.165, 1.54) is 0 Å². The van der Waals surface area contributed by atoms with Crippen LogP contribution in [0, 0.1) is 0 Å². The lowest BCUT2D eigenvalue weighted by molar-refractivity contribution is 0.157. The third-order valence-corrected chi connectivity index (χ3v) is 2.04. The van der Waals surface area contributed by atoms with E-state index in [2.05, 4.69) is 4.98 Å². The number of anilines is 1. The molecular weight excluding hydrogens is 182 g/mol. The molecule has 2 heterocycles. The lowest BCUT2D eigenvalue weighted by Crippen LogP contribution is -2.24. The summed E-state index contributed by atoms with van der Waals surface area (Å²) in [4.78, 5) is 16.8. The van der Waals surface area contributed by atoms with Crippen molar-refractivity contribution in [3.63, 3.8) is 0 Å². The Morgan fingerprint density at radius 1 is 1.64 bits per heavy atom. The molecule has 2 rings (SSSR count).